The molecule has 1 heterocycles. The Hall–Kier alpha value is -2.82. The van der Waals surface area contributed by atoms with E-state index >= 15 is 0 Å². The molecule has 172 valence electrons. The number of aliphatic carboxylic acids is 1. The van der Waals surface area contributed by atoms with E-state index in [1.165, 1.54) is 0 Å². The van der Waals surface area contributed by atoms with Crippen LogP contribution in [-0.4, -0.2) is 41.6 Å². The second-order valence-electron chi connectivity index (χ2n) is 9.68. The van der Waals surface area contributed by atoms with E-state index in [0.29, 0.717) is 37.2 Å². The van der Waals surface area contributed by atoms with Gasteiger partial charge in [0.05, 0.1) is 12.5 Å². The van der Waals surface area contributed by atoms with Crippen molar-refractivity contribution in [2.75, 3.05) is 19.7 Å². The zero-order valence-corrected chi connectivity index (χ0v) is 19.9. The number of rotatable bonds is 7. The smallest absolute Gasteiger partial charge is 0.311 e. The molecule has 1 aliphatic rings. The molecule has 0 aromatic heterocycles. The number of hydrogen-bond donors (Lipinski definition) is 1. The first-order valence-electron chi connectivity index (χ1n) is 11.6. The molecule has 0 bridgehead atoms. The fourth-order valence-corrected chi connectivity index (χ4v) is 4.50. The number of amides is 1. The molecular weight excluding hydrogens is 402 g/mol. The minimum Gasteiger partial charge on any atom is -0.493 e. The molecular formula is C27H35NO4. The van der Waals surface area contributed by atoms with Crippen molar-refractivity contribution in [3.8, 4) is 16.9 Å². The number of nitrogens with zero attached hydrogens (tertiary/aromatic N) is 1. The van der Waals surface area contributed by atoms with Crippen LogP contribution in [0.3, 0.4) is 0 Å². The van der Waals surface area contributed by atoms with Gasteiger partial charge in [-0.15, -0.1) is 0 Å². The van der Waals surface area contributed by atoms with E-state index in [1.54, 1.807) is 4.90 Å². The van der Waals surface area contributed by atoms with E-state index in [4.69, 9.17) is 4.74 Å². The summed E-state index contributed by atoms with van der Waals surface area (Å²) >= 11 is 0. The van der Waals surface area contributed by atoms with Gasteiger partial charge in [-0.2, -0.15) is 0 Å². The first-order chi connectivity index (χ1) is 15.2. The summed E-state index contributed by atoms with van der Waals surface area (Å²) in [4.78, 5) is 27.7. The first-order valence-corrected chi connectivity index (χ1v) is 11.6. The fourth-order valence-electron chi connectivity index (χ4n) is 4.50. The van der Waals surface area contributed by atoms with Gasteiger partial charge in [0.25, 0.3) is 5.91 Å². The van der Waals surface area contributed by atoms with Crippen molar-refractivity contribution in [1.29, 1.82) is 0 Å². The van der Waals surface area contributed by atoms with Crippen molar-refractivity contribution in [1.82, 2.24) is 4.90 Å². The lowest BCUT2D eigenvalue weighted by molar-refractivity contribution is -0.139. The third-order valence-corrected chi connectivity index (χ3v) is 6.06. The van der Waals surface area contributed by atoms with Crippen molar-refractivity contribution in [2.45, 2.75) is 59.8 Å². The lowest BCUT2D eigenvalue weighted by Gasteiger charge is -2.28. The highest BCUT2D eigenvalue weighted by molar-refractivity contribution is 6.02. The van der Waals surface area contributed by atoms with Gasteiger partial charge in [0, 0.05) is 18.7 Å². The summed E-state index contributed by atoms with van der Waals surface area (Å²) < 4.78 is 5.78. The lowest BCUT2D eigenvalue weighted by atomic mass is 9.78. The van der Waals surface area contributed by atoms with Gasteiger partial charge < -0.3 is 14.7 Å². The van der Waals surface area contributed by atoms with E-state index in [2.05, 4.69) is 6.07 Å². The second-order valence-corrected chi connectivity index (χ2v) is 9.68. The summed E-state index contributed by atoms with van der Waals surface area (Å²) in [5, 5.41) is 10.2. The highest BCUT2D eigenvalue weighted by Crippen LogP contribution is 2.40. The Morgan fingerprint density at radius 2 is 1.84 bits per heavy atom. The van der Waals surface area contributed by atoms with Crippen LogP contribution < -0.4 is 4.74 Å². The van der Waals surface area contributed by atoms with E-state index in [9.17, 15) is 14.7 Å². The summed E-state index contributed by atoms with van der Waals surface area (Å²) in [5.74, 6) is -0.768. The molecule has 5 heteroatoms. The Bertz CT molecular complexity index is 986. The van der Waals surface area contributed by atoms with Crippen LogP contribution in [0.15, 0.2) is 36.4 Å². The van der Waals surface area contributed by atoms with Crippen LogP contribution >= 0.6 is 0 Å². The number of benzene rings is 2. The van der Waals surface area contributed by atoms with Crippen LogP contribution in [0.5, 0.6) is 5.75 Å². The molecule has 0 aliphatic carbocycles. The first kappa shape index (κ1) is 23.8. The van der Waals surface area contributed by atoms with Crippen molar-refractivity contribution in [3.63, 3.8) is 0 Å². The maximum Gasteiger partial charge on any atom is 0.311 e. The van der Waals surface area contributed by atoms with Gasteiger partial charge in [0.15, 0.2) is 0 Å². The van der Waals surface area contributed by atoms with Crippen molar-refractivity contribution in [3.05, 3.63) is 53.1 Å². The van der Waals surface area contributed by atoms with Gasteiger partial charge in [-0.3, -0.25) is 9.59 Å². The third kappa shape index (κ3) is 5.14. The topological polar surface area (TPSA) is 66.8 Å². The summed E-state index contributed by atoms with van der Waals surface area (Å²) in [5.41, 5.74) is 3.79. The Kier molecular flexibility index (Phi) is 7.27. The number of fused-ring (bicyclic) bond motifs is 1. The summed E-state index contributed by atoms with van der Waals surface area (Å²) in [6.45, 7) is 12.0. The molecule has 2 aromatic carbocycles. The number of carbonyl (C=O) groups is 2. The molecule has 0 radical (unpaired) electrons. The predicted molar refractivity (Wildman–Crippen MR) is 127 cm³/mol. The zero-order chi connectivity index (χ0) is 23.5. The fraction of sp³-hybridized carbons (Fsp3) is 0.481. The van der Waals surface area contributed by atoms with Gasteiger partial charge in [-0.05, 0) is 79.0 Å². The van der Waals surface area contributed by atoms with E-state index in [0.717, 1.165) is 35.3 Å². The second kappa shape index (κ2) is 9.76. The summed E-state index contributed by atoms with van der Waals surface area (Å²) in [7, 11) is 0. The van der Waals surface area contributed by atoms with Crippen molar-refractivity contribution >= 4 is 11.9 Å². The Balaban J connectivity index is 2.25. The standard InChI is InChI=1S/C27H35NO4/c1-6-28(7-2)25(29)21-12-8-11-20(22(26(30)31)17-27(3,4)5)24(21)19-13-14-23-18(16-19)10-9-15-32-23/h8,11-14,16,22H,6-7,9-10,15,17H2,1-5H3,(H,30,31). The molecule has 1 atom stereocenters. The van der Waals surface area contributed by atoms with Crippen LogP contribution in [0.2, 0.25) is 0 Å². The zero-order valence-electron chi connectivity index (χ0n) is 19.9. The number of carboxylic acid groups (broad SMARTS) is 1. The van der Waals surface area contributed by atoms with Crippen LogP contribution in [0.4, 0.5) is 0 Å². The molecule has 1 aliphatic heterocycles. The predicted octanol–water partition coefficient (Wildman–Crippen LogP) is 5.77. The minimum absolute atomic E-state index is 0.0688. The average Bonchev–Trinajstić information content (AvgIpc) is 2.76. The number of carboxylic acids is 1. The van der Waals surface area contributed by atoms with E-state index < -0.39 is 11.9 Å². The molecule has 0 spiro atoms. The average molecular weight is 438 g/mol. The molecule has 0 saturated heterocycles. The van der Waals surface area contributed by atoms with Crippen LogP contribution in [0.1, 0.15) is 74.9 Å². The van der Waals surface area contributed by atoms with Crippen molar-refractivity contribution < 1.29 is 19.4 Å². The normalized spacial score (nSPS) is 14.3. The molecule has 2 aromatic rings. The Morgan fingerprint density at radius 3 is 2.47 bits per heavy atom. The quantitative estimate of drug-likeness (QED) is 0.598. The monoisotopic (exact) mass is 437 g/mol. The summed E-state index contributed by atoms with van der Waals surface area (Å²) in [6, 6.07) is 11.5. The highest BCUT2D eigenvalue weighted by Gasteiger charge is 2.31. The van der Waals surface area contributed by atoms with Gasteiger partial charge in [0.1, 0.15) is 5.75 Å². The van der Waals surface area contributed by atoms with Gasteiger partial charge >= 0.3 is 5.97 Å². The molecule has 3 rings (SSSR count). The van der Waals surface area contributed by atoms with E-state index in [1.807, 2.05) is 65.0 Å². The highest BCUT2D eigenvalue weighted by atomic mass is 16.5. The molecule has 1 N–H and O–H groups in total. The molecule has 1 amide bonds. The van der Waals surface area contributed by atoms with Gasteiger partial charge in [-0.1, -0.05) is 39.0 Å². The van der Waals surface area contributed by atoms with Crippen LogP contribution in [-0.2, 0) is 11.2 Å². The SMILES string of the molecule is CCN(CC)C(=O)c1cccc(C(CC(C)(C)C)C(=O)O)c1-c1ccc2c(c1)CCCO2. The van der Waals surface area contributed by atoms with Gasteiger partial charge in [-0.25, -0.2) is 0 Å². The molecule has 5 nitrogen and oxygen atoms in total. The molecule has 32 heavy (non-hydrogen) atoms. The third-order valence-electron chi connectivity index (χ3n) is 6.06. The number of ether oxygens (including phenoxy) is 1. The maximum absolute atomic E-state index is 13.5. The maximum atomic E-state index is 13.5. The Labute approximate surface area is 191 Å². The number of carbonyl (C=O) groups excluding carboxylic acids is 1. The summed E-state index contributed by atoms with van der Waals surface area (Å²) in [6.07, 6.45) is 2.34. The Morgan fingerprint density at radius 1 is 1.12 bits per heavy atom. The number of aryl methyl sites for hydroxylation is 1. The van der Waals surface area contributed by atoms with Gasteiger partial charge in [0.2, 0.25) is 0 Å². The molecule has 0 fully saturated rings. The van der Waals surface area contributed by atoms with Crippen LogP contribution in [0, 0.1) is 5.41 Å². The lowest BCUT2D eigenvalue weighted by Crippen LogP contribution is -2.31. The van der Waals surface area contributed by atoms with Crippen LogP contribution in [0.25, 0.3) is 11.1 Å². The molecule has 1 unspecified atom stereocenters. The molecule has 0 saturated carbocycles. The van der Waals surface area contributed by atoms with Crippen molar-refractivity contribution in [2.24, 2.45) is 5.41 Å². The minimum atomic E-state index is -0.866. The van der Waals surface area contributed by atoms with E-state index in [-0.39, 0.29) is 11.3 Å². The largest absolute Gasteiger partial charge is 0.493 e. The number of hydrogen-bond acceptors (Lipinski definition) is 3.